The maximum Gasteiger partial charge on any atom is 0.0113 e. The number of fused-ring (bicyclic) bond motifs is 2. The van der Waals surface area contributed by atoms with Crippen molar-refractivity contribution in [2.24, 2.45) is 23.2 Å². The van der Waals surface area contributed by atoms with Crippen LogP contribution in [0.15, 0.2) is 0 Å². The summed E-state index contributed by atoms with van der Waals surface area (Å²) in [6.07, 6.45) is 10.4. The molecule has 2 aliphatic carbocycles. The number of rotatable bonds is 8. The third-order valence-corrected chi connectivity index (χ3v) is 8.29. The van der Waals surface area contributed by atoms with Crippen LogP contribution in [-0.4, -0.2) is 73.1 Å². The lowest BCUT2D eigenvalue weighted by molar-refractivity contribution is 0.0424. The highest BCUT2D eigenvalue weighted by Gasteiger charge is 2.47. The maximum absolute atomic E-state index is 2.90. The van der Waals surface area contributed by atoms with E-state index in [0.29, 0.717) is 0 Å². The average Bonchev–Trinajstić information content (AvgIpc) is 3.35. The highest BCUT2D eigenvalue weighted by molar-refractivity contribution is 5.00. The van der Waals surface area contributed by atoms with E-state index in [9.17, 15) is 0 Å². The summed E-state index contributed by atoms with van der Waals surface area (Å²) in [6, 6.07) is 0.721. The molecule has 0 aromatic rings. The third-order valence-electron chi connectivity index (χ3n) is 8.29. The summed E-state index contributed by atoms with van der Waals surface area (Å²) in [5.74, 6) is 3.00. The molecule has 2 bridgehead atoms. The Kier molecular flexibility index (Phi) is 5.98. The predicted octanol–water partition coefficient (Wildman–Crippen LogP) is 3.94. The van der Waals surface area contributed by atoms with E-state index < -0.39 is 0 Å². The van der Waals surface area contributed by atoms with E-state index in [1.165, 1.54) is 97.3 Å². The van der Waals surface area contributed by atoms with E-state index in [-0.39, 0.29) is 0 Å². The second-order valence-corrected chi connectivity index (χ2v) is 10.5. The molecule has 2 saturated heterocycles. The molecule has 0 N–H and O–H groups in total. The molecule has 2 aliphatic heterocycles. The Bertz CT molecular complexity index is 436. The highest BCUT2D eigenvalue weighted by atomic mass is 15.3. The van der Waals surface area contributed by atoms with Crippen LogP contribution in [0.25, 0.3) is 0 Å². The molecule has 4 fully saturated rings. The molecule has 4 rings (SSSR count). The highest BCUT2D eigenvalue weighted by Crippen LogP contribution is 2.52. The zero-order valence-electron chi connectivity index (χ0n) is 17.8. The fraction of sp³-hybridized carbons (Fsp3) is 1.00. The Hall–Kier alpha value is -0.120. The number of piperidine rings is 1. The molecular formula is C23H43N3. The first-order valence-electron chi connectivity index (χ1n) is 11.8. The molecule has 2 heterocycles. The maximum atomic E-state index is 2.90. The molecule has 0 radical (unpaired) electrons. The molecular weight excluding hydrogens is 318 g/mol. The molecule has 150 valence electrons. The largest absolute Gasteiger partial charge is 0.302 e. The quantitative estimate of drug-likeness (QED) is 0.648. The minimum Gasteiger partial charge on any atom is -0.302 e. The molecule has 4 aliphatic rings. The van der Waals surface area contributed by atoms with Crippen molar-refractivity contribution in [1.82, 2.24) is 14.7 Å². The van der Waals surface area contributed by atoms with Gasteiger partial charge in [-0.25, -0.2) is 0 Å². The summed E-state index contributed by atoms with van der Waals surface area (Å²) in [7, 11) is 0. The van der Waals surface area contributed by atoms with Crippen LogP contribution in [0.5, 0.6) is 0 Å². The van der Waals surface area contributed by atoms with Gasteiger partial charge in [-0.2, -0.15) is 0 Å². The van der Waals surface area contributed by atoms with Crippen LogP contribution in [0.2, 0.25) is 0 Å². The number of piperazine rings is 1. The van der Waals surface area contributed by atoms with Crippen molar-refractivity contribution in [3.63, 3.8) is 0 Å². The van der Waals surface area contributed by atoms with Crippen LogP contribution in [-0.2, 0) is 0 Å². The molecule has 26 heavy (non-hydrogen) atoms. The van der Waals surface area contributed by atoms with E-state index >= 15 is 0 Å². The van der Waals surface area contributed by atoms with E-state index in [1.54, 1.807) is 0 Å². The summed E-state index contributed by atoms with van der Waals surface area (Å²) in [6.45, 7) is 17.9. The van der Waals surface area contributed by atoms with Gasteiger partial charge in [0.05, 0.1) is 0 Å². The molecule has 3 nitrogen and oxygen atoms in total. The Morgan fingerprint density at radius 2 is 1.58 bits per heavy atom. The molecule has 0 spiro atoms. The van der Waals surface area contributed by atoms with Crippen molar-refractivity contribution in [2.75, 3.05) is 52.4 Å². The average molecular weight is 362 g/mol. The summed E-state index contributed by atoms with van der Waals surface area (Å²) < 4.78 is 0. The molecule has 2 unspecified atom stereocenters. The predicted molar refractivity (Wildman–Crippen MR) is 110 cm³/mol. The van der Waals surface area contributed by atoms with Crippen LogP contribution in [0.3, 0.4) is 0 Å². The van der Waals surface area contributed by atoms with Gasteiger partial charge in [-0.05, 0) is 69.1 Å². The van der Waals surface area contributed by atoms with E-state index in [2.05, 4.69) is 35.5 Å². The Labute approximate surface area is 162 Å². The van der Waals surface area contributed by atoms with Gasteiger partial charge in [-0.1, -0.05) is 19.8 Å². The second kappa shape index (κ2) is 8.09. The van der Waals surface area contributed by atoms with Gasteiger partial charge in [0.25, 0.3) is 0 Å². The lowest BCUT2D eigenvalue weighted by atomic mass is 9.83. The van der Waals surface area contributed by atoms with Crippen molar-refractivity contribution in [1.29, 1.82) is 0 Å². The van der Waals surface area contributed by atoms with Crippen molar-refractivity contribution >= 4 is 0 Å². The second-order valence-electron chi connectivity index (χ2n) is 10.5. The summed E-state index contributed by atoms with van der Waals surface area (Å²) in [5.41, 5.74) is 0.745. The van der Waals surface area contributed by atoms with Crippen molar-refractivity contribution < 1.29 is 0 Å². The fourth-order valence-corrected chi connectivity index (χ4v) is 6.31. The number of hydrogen-bond acceptors (Lipinski definition) is 3. The first-order valence-corrected chi connectivity index (χ1v) is 11.8. The minimum absolute atomic E-state index is 0.721. The smallest absolute Gasteiger partial charge is 0.0113 e. The SMILES string of the molecule is CCCCC1(CN2CC3CCC(C2)C3CN2CCN(C(C)C)CC2)CC1. The first-order chi connectivity index (χ1) is 12.6. The van der Waals surface area contributed by atoms with Crippen LogP contribution in [0.1, 0.15) is 65.7 Å². The number of nitrogens with zero attached hydrogens (tertiary/aromatic N) is 3. The van der Waals surface area contributed by atoms with Gasteiger partial charge in [-0.15, -0.1) is 0 Å². The van der Waals surface area contributed by atoms with Crippen LogP contribution in [0.4, 0.5) is 0 Å². The number of hydrogen-bond donors (Lipinski definition) is 0. The van der Waals surface area contributed by atoms with E-state index in [0.717, 1.165) is 29.2 Å². The van der Waals surface area contributed by atoms with Crippen molar-refractivity contribution in [3.8, 4) is 0 Å². The van der Waals surface area contributed by atoms with Crippen LogP contribution < -0.4 is 0 Å². The summed E-state index contributed by atoms with van der Waals surface area (Å²) in [4.78, 5) is 8.35. The monoisotopic (exact) mass is 361 g/mol. The van der Waals surface area contributed by atoms with Gasteiger partial charge >= 0.3 is 0 Å². The van der Waals surface area contributed by atoms with Crippen molar-refractivity contribution in [2.45, 2.75) is 71.8 Å². The molecule has 2 saturated carbocycles. The lowest BCUT2D eigenvalue weighted by Gasteiger charge is -2.43. The Morgan fingerprint density at radius 1 is 0.923 bits per heavy atom. The Morgan fingerprint density at radius 3 is 2.12 bits per heavy atom. The molecule has 0 aromatic heterocycles. The normalized spacial score (nSPS) is 35.3. The summed E-state index contributed by atoms with van der Waals surface area (Å²) >= 11 is 0. The van der Waals surface area contributed by atoms with Crippen LogP contribution >= 0.6 is 0 Å². The van der Waals surface area contributed by atoms with Gasteiger partial charge < -0.3 is 9.80 Å². The lowest BCUT2D eigenvalue weighted by Crippen LogP contribution is -2.52. The zero-order chi connectivity index (χ0) is 18.1. The Balaban J connectivity index is 1.25. The molecule has 0 aromatic carbocycles. The van der Waals surface area contributed by atoms with Gasteiger partial charge in [0.2, 0.25) is 0 Å². The number of unbranched alkanes of at least 4 members (excludes halogenated alkanes) is 1. The fourth-order valence-electron chi connectivity index (χ4n) is 6.31. The van der Waals surface area contributed by atoms with Crippen LogP contribution in [0, 0.1) is 23.2 Å². The minimum atomic E-state index is 0.721. The molecule has 0 amide bonds. The topological polar surface area (TPSA) is 9.72 Å². The first kappa shape index (κ1) is 19.2. The van der Waals surface area contributed by atoms with Gasteiger partial charge in [-0.3, -0.25) is 4.90 Å². The molecule has 3 heteroatoms. The van der Waals surface area contributed by atoms with Gasteiger partial charge in [0, 0.05) is 58.4 Å². The van der Waals surface area contributed by atoms with Gasteiger partial charge in [0.1, 0.15) is 0 Å². The standard InChI is InChI=1S/C23H43N3/c1-4-5-8-23(9-10-23)18-25-15-20-6-7-21(16-25)22(20)17-24-11-13-26(14-12-24)19(2)3/h19-22H,4-18H2,1-3H3. The van der Waals surface area contributed by atoms with E-state index in [1.807, 2.05) is 0 Å². The van der Waals surface area contributed by atoms with Crippen molar-refractivity contribution in [3.05, 3.63) is 0 Å². The van der Waals surface area contributed by atoms with Gasteiger partial charge in [0.15, 0.2) is 0 Å². The molecule has 2 atom stereocenters. The van der Waals surface area contributed by atoms with E-state index in [4.69, 9.17) is 0 Å². The third kappa shape index (κ3) is 4.31. The summed E-state index contributed by atoms with van der Waals surface area (Å²) in [5, 5.41) is 0. The zero-order valence-corrected chi connectivity index (χ0v) is 17.8. The number of likely N-dealkylation sites (tertiary alicyclic amines) is 1.